The topological polar surface area (TPSA) is 102 Å². The molecule has 150 valence electrons. The third-order valence-electron chi connectivity index (χ3n) is 5.63. The lowest BCUT2D eigenvalue weighted by molar-refractivity contribution is 0.0997. The van der Waals surface area contributed by atoms with Crippen LogP contribution in [0.15, 0.2) is 36.4 Å². The van der Waals surface area contributed by atoms with Crippen molar-refractivity contribution < 1.29 is 14.6 Å². The summed E-state index contributed by atoms with van der Waals surface area (Å²) in [4.78, 5) is 14.1. The van der Waals surface area contributed by atoms with Crippen molar-refractivity contribution in [1.82, 2.24) is 4.90 Å². The number of rotatable bonds is 7. The van der Waals surface area contributed by atoms with Gasteiger partial charge in [0, 0.05) is 18.3 Å². The molecule has 1 aliphatic heterocycles. The monoisotopic (exact) mass is 383 g/mol. The van der Waals surface area contributed by atoms with Gasteiger partial charge in [-0.2, -0.15) is 0 Å². The van der Waals surface area contributed by atoms with Gasteiger partial charge in [-0.05, 0) is 68.0 Å². The average Bonchev–Trinajstić information content (AvgIpc) is 2.69. The molecule has 6 heteroatoms. The SMILES string of the molecule is COc1cc(N)c(CC2CCN(CCc3ccccc3O)CC2)cc1C(N)=O. The third kappa shape index (κ3) is 4.75. The highest BCUT2D eigenvalue weighted by molar-refractivity contribution is 5.96. The number of carbonyl (C=O) groups is 1. The number of nitrogen functional groups attached to an aromatic ring is 1. The second-order valence-corrected chi connectivity index (χ2v) is 7.48. The first-order valence-corrected chi connectivity index (χ1v) is 9.73. The molecule has 0 bridgehead atoms. The molecule has 0 aromatic heterocycles. The van der Waals surface area contributed by atoms with Crippen LogP contribution in [0.3, 0.4) is 0 Å². The molecule has 6 nitrogen and oxygen atoms in total. The third-order valence-corrected chi connectivity index (χ3v) is 5.63. The molecule has 0 atom stereocenters. The molecule has 1 fully saturated rings. The van der Waals surface area contributed by atoms with Crippen molar-refractivity contribution in [2.75, 3.05) is 32.5 Å². The number of likely N-dealkylation sites (tertiary alicyclic amines) is 1. The quantitative estimate of drug-likeness (QED) is 0.638. The molecular weight excluding hydrogens is 354 g/mol. The zero-order valence-corrected chi connectivity index (χ0v) is 16.4. The van der Waals surface area contributed by atoms with Gasteiger partial charge in [-0.25, -0.2) is 0 Å². The van der Waals surface area contributed by atoms with Crippen molar-refractivity contribution >= 4 is 11.6 Å². The van der Waals surface area contributed by atoms with E-state index in [1.54, 1.807) is 18.2 Å². The zero-order chi connectivity index (χ0) is 20.1. The fourth-order valence-corrected chi connectivity index (χ4v) is 3.90. The van der Waals surface area contributed by atoms with Crippen LogP contribution in [-0.2, 0) is 12.8 Å². The van der Waals surface area contributed by atoms with E-state index in [2.05, 4.69) is 4.90 Å². The molecule has 1 heterocycles. The van der Waals surface area contributed by atoms with E-state index in [0.717, 1.165) is 56.4 Å². The second-order valence-electron chi connectivity index (χ2n) is 7.48. The van der Waals surface area contributed by atoms with Gasteiger partial charge in [-0.15, -0.1) is 0 Å². The minimum atomic E-state index is -0.503. The number of hydrogen-bond acceptors (Lipinski definition) is 5. The number of piperidine rings is 1. The van der Waals surface area contributed by atoms with Gasteiger partial charge in [0.05, 0.1) is 12.7 Å². The molecule has 2 aromatic carbocycles. The van der Waals surface area contributed by atoms with E-state index in [0.29, 0.717) is 28.7 Å². The van der Waals surface area contributed by atoms with Gasteiger partial charge in [-0.3, -0.25) is 4.79 Å². The number of aromatic hydroxyl groups is 1. The number of ether oxygens (including phenoxy) is 1. The van der Waals surface area contributed by atoms with Crippen LogP contribution in [-0.4, -0.2) is 42.7 Å². The van der Waals surface area contributed by atoms with Crippen LogP contribution in [0.25, 0.3) is 0 Å². The van der Waals surface area contributed by atoms with Gasteiger partial charge in [-0.1, -0.05) is 18.2 Å². The van der Waals surface area contributed by atoms with Gasteiger partial charge in [0.2, 0.25) is 0 Å². The lowest BCUT2D eigenvalue weighted by Gasteiger charge is -2.32. The molecule has 0 spiro atoms. The lowest BCUT2D eigenvalue weighted by Crippen LogP contribution is -2.35. The number of hydrogen-bond donors (Lipinski definition) is 3. The summed E-state index contributed by atoms with van der Waals surface area (Å²) in [6, 6.07) is 11.0. The van der Waals surface area contributed by atoms with Crippen molar-refractivity contribution in [2.24, 2.45) is 11.7 Å². The lowest BCUT2D eigenvalue weighted by atomic mass is 9.88. The average molecular weight is 383 g/mol. The first-order valence-electron chi connectivity index (χ1n) is 9.73. The fraction of sp³-hybridized carbons (Fsp3) is 0.409. The summed E-state index contributed by atoms with van der Waals surface area (Å²) >= 11 is 0. The van der Waals surface area contributed by atoms with Crippen molar-refractivity contribution in [3.05, 3.63) is 53.1 Å². The predicted octanol–water partition coefficient (Wildman–Crippen LogP) is 2.58. The Balaban J connectivity index is 1.55. The summed E-state index contributed by atoms with van der Waals surface area (Å²) in [5, 5.41) is 9.90. The number of nitrogens with two attached hydrogens (primary N) is 2. The summed E-state index contributed by atoms with van der Waals surface area (Å²) in [5.41, 5.74) is 14.6. The summed E-state index contributed by atoms with van der Waals surface area (Å²) in [6.07, 6.45) is 3.85. The number of nitrogens with zero attached hydrogens (tertiary/aromatic N) is 1. The number of phenols is 1. The molecule has 5 N–H and O–H groups in total. The van der Waals surface area contributed by atoms with Crippen LogP contribution in [0.5, 0.6) is 11.5 Å². The number of para-hydroxylation sites is 1. The Morgan fingerprint density at radius 1 is 1.21 bits per heavy atom. The molecule has 0 aliphatic carbocycles. The van der Waals surface area contributed by atoms with Crippen LogP contribution >= 0.6 is 0 Å². The van der Waals surface area contributed by atoms with E-state index >= 15 is 0 Å². The normalized spacial score (nSPS) is 15.5. The Labute approximate surface area is 166 Å². The molecule has 0 saturated carbocycles. The highest BCUT2D eigenvalue weighted by atomic mass is 16.5. The molecule has 3 rings (SSSR count). The Morgan fingerprint density at radius 3 is 2.57 bits per heavy atom. The van der Waals surface area contributed by atoms with Gasteiger partial charge in [0.1, 0.15) is 11.5 Å². The smallest absolute Gasteiger partial charge is 0.252 e. The molecular formula is C22H29N3O3. The second kappa shape index (κ2) is 8.97. The molecule has 28 heavy (non-hydrogen) atoms. The van der Waals surface area contributed by atoms with E-state index in [-0.39, 0.29) is 0 Å². The number of methoxy groups -OCH3 is 1. The Kier molecular flexibility index (Phi) is 6.41. The summed E-state index contributed by atoms with van der Waals surface area (Å²) in [5.74, 6) is 0.820. The van der Waals surface area contributed by atoms with Gasteiger partial charge in [0.25, 0.3) is 5.91 Å². The number of carbonyl (C=O) groups excluding carboxylic acids is 1. The highest BCUT2D eigenvalue weighted by Gasteiger charge is 2.21. The van der Waals surface area contributed by atoms with Crippen LogP contribution in [0.1, 0.15) is 34.3 Å². The van der Waals surface area contributed by atoms with Gasteiger partial charge < -0.3 is 26.2 Å². The maximum Gasteiger partial charge on any atom is 0.252 e. The Morgan fingerprint density at radius 2 is 1.93 bits per heavy atom. The highest BCUT2D eigenvalue weighted by Crippen LogP contribution is 2.30. The molecule has 0 radical (unpaired) electrons. The van der Waals surface area contributed by atoms with E-state index in [1.807, 2.05) is 18.2 Å². The predicted molar refractivity (Wildman–Crippen MR) is 111 cm³/mol. The summed E-state index contributed by atoms with van der Waals surface area (Å²) in [6.45, 7) is 2.99. The molecule has 0 unspecified atom stereocenters. The number of benzene rings is 2. The van der Waals surface area contributed by atoms with E-state index in [4.69, 9.17) is 16.2 Å². The van der Waals surface area contributed by atoms with E-state index in [9.17, 15) is 9.90 Å². The van der Waals surface area contributed by atoms with Crippen LogP contribution in [0, 0.1) is 5.92 Å². The number of anilines is 1. The Hall–Kier alpha value is -2.73. The van der Waals surface area contributed by atoms with Crippen LogP contribution in [0.2, 0.25) is 0 Å². The number of primary amides is 1. The van der Waals surface area contributed by atoms with Gasteiger partial charge in [0.15, 0.2) is 0 Å². The van der Waals surface area contributed by atoms with E-state index in [1.165, 1.54) is 7.11 Å². The van der Waals surface area contributed by atoms with Crippen LogP contribution < -0.4 is 16.2 Å². The van der Waals surface area contributed by atoms with Crippen molar-refractivity contribution in [2.45, 2.75) is 25.7 Å². The van der Waals surface area contributed by atoms with Crippen molar-refractivity contribution in [1.29, 1.82) is 0 Å². The molecule has 1 amide bonds. The minimum absolute atomic E-state index is 0.373. The standard InChI is InChI=1S/C22H29N3O3/c1-28-21-14-19(23)17(13-18(21)22(24)27)12-15-6-9-25(10-7-15)11-8-16-4-2-3-5-20(16)26/h2-5,13-15,26H,6-12,23H2,1H3,(H2,24,27). The van der Waals surface area contributed by atoms with E-state index < -0.39 is 5.91 Å². The minimum Gasteiger partial charge on any atom is -0.508 e. The Bertz CT molecular complexity index is 830. The largest absolute Gasteiger partial charge is 0.508 e. The first-order chi connectivity index (χ1) is 13.5. The summed E-state index contributed by atoms with van der Waals surface area (Å²) < 4.78 is 5.21. The first kappa shape index (κ1) is 20.0. The van der Waals surface area contributed by atoms with Crippen molar-refractivity contribution in [3.8, 4) is 11.5 Å². The maximum absolute atomic E-state index is 11.7. The summed E-state index contributed by atoms with van der Waals surface area (Å²) in [7, 11) is 1.51. The van der Waals surface area contributed by atoms with Gasteiger partial charge >= 0.3 is 0 Å². The zero-order valence-electron chi connectivity index (χ0n) is 16.4. The van der Waals surface area contributed by atoms with Crippen LogP contribution in [0.4, 0.5) is 5.69 Å². The fourth-order valence-electron chi connectivity index (χ4n) is 3.90. The molecule has 1 aliphatic rings. The maximum atomic E-state index is 11.7. The number of amides is 1. The molecule has 2 aromatic rings. The van der Waals surface area contributed by atoms with Crippen molar-refractivity contribution in [3.63, 3.8) is 0 Å². The molecule has 1 saturated heterocycles. The number of phenolic OH excluding ortho intramolecular Hbond substituents is 1.